The number of methoxy groups -OCH3 is 1. The fraction of sp³-hybridized carbons (Fsp3) is 0.833. The molecule has 0 bridgehead atoms. The van der Waals surface area contributed by atoms with Crippen molar-refractivity contribution in [3.8, 4) is 0 Å². The van der Waals surface area contributed by atoms with Crippen molar-refractivity contribution in [3.05, 3.63) is 5.82 Å². The van der Waals surface area contributed by atoms with Crippen molar-refractivity contribution in [3.63, 3.8) is 0 Å². The second-order valence-electron chi connectivity index (χ2n) is 6.37. The Labute approximate surface area is 167 Å². The minimum atomic E-state index is 0.658. The maximum absolute atomic E-state index is 5.49. The van der Waals surface area contributed by atoms with Gasteiger partial charge >= 0.3 is 0 Å². The molecule has 1 aromatic rings. The zero-order chi connectivity index (χ0) is 19.3. The molecule has 0 saturated carbocycles. The van der Waals surface area contributed by atoms with Gasteiger partial charge in [-0.2, -0.15) is 4.37 Å². The highest BCUT2D eigenvalue weighted by Crippen LogP contribution is 2.19. The van der Waals surface area contributed by atoms with Crippen LogP contribution in [0.25, 0.3) is 0 Å². The summed E-state index contributed by atoms with van der Waals surface area (Å²) in [5.74, 6) is 1.96. The summed E-state index contributed by atoms with van der Waals surface area (Å²) in [4.78, 5) is 14.1. The van der Waals surface area contributed by atoms with E-state index in [9.17, 15) is 0 Å². The molecule has 0 atom stereocenters. The Morgan fingerprint density at radius 3 is 2.63 bits per heavy atom. The van der Waals surface area contributed by atoms with Crippen LogP contribution in [0.15, 0.2) is 4.99 Å². The SMILES string of the molecule is CCNC(=NCCCCOCCOC)N1CCN(c2nc(CC)ns2)CC1. The first-order chi connectivity index (χ1) is 13.3. The van der Waals surface area contributed by atoms with Crippen LogP contribution >= 0.6 is 11.5 Å². The highest BCUT2D eigenvalue weighted by atomic mass is 32.1. The van der Waals surface area contributed by atoms with Crippen molar-refractivity contribution in [2.75, 3.05) is 71.1 Å². The number of anilines is 1. The third kappa shape index (κ3) is 7.59. The minimum absolute atomic E-state index is 0.658. The second-order valence-corrected chi connectivity index (χ2v) is 7.10. The van der Waals surface area contributed by atoms with E-state index in [1.165, 1.54) is 11.5 Å². The van der Waals surface area contributed by atoms with Gasteiger partial charge in [0.25, 0.3) is 0 Å². The molecule has 1 fully saturated rings. The van der Waals surface area contributed by atoms with Crippen LogP contribution in [0, 0.1) is 0 Å². The average Bonchev–Trinajstić information content (AvgIpc) is 3.18. The van der Waals surface area contributed by atoms with Crippen molar-refractivity contribution in [1.29, 1.82) is 0 Å². The summed E-state index contributed by atoms with van der Waals surface area (Å²) in [6.07, 6.45) is 2.95. The van der Waals surface area contributed by atoms with Gasteiger partial charge in [0, 0.05) is 70.9 Å². The number of rotatable bonds is 11. The molecular formula is C18H34N6O2S. The fourth-order valence-electron chi connectivity index (χ4n) is 2.80. The number of nitrogens with one attached hydrogen (secondary N) is 1. The summed E-state index contributed by atoms with van der Waals surface area (Å²) < 4.78 is 14.9. The van der Waals surface area contributed by atoms with E-state index in [1.54, 1.807) is 7.11 Å². The van der Waals surface area contributed by atoms with Crippen LogP contribution in [0.2, 0.25) is 0 Å². The third-order valence-electron chi connectivity index (χ3n) is 4.35. The molecule has 8 nitrogen and oxygen atoms in total. The third-order valence-corrected chi connectivity index (χ3v) is 5.16. The van der Waals surface area contributed by atoms with Crippen molar-refractivity contribution in [2.45, 2.75) is 33.1 Å². The molecule has 0 radical (unpaired) electrons. The summed E-state index contributed by atoms with van der Waals surface area (Å²) in [6, 6.07) is 0. The van der Waals surface area contributed by atoms with Crippen LogP contribution in [0.1, 0.15) is 32.5 Å². The molecule has 0 amide bonds. The standard InChI is InChI=1S/C18H34N6O2S/c1-4-16-21-18(27-22-16)24-11-9-23(10-12-24)17(19-5-2)20-8-6-7-13-26-15-14-25-3/h4-15H2,1-3H3,(H,19,20). The van der Waals surface area contributed by atoms with Gasteiger partial charge in [0.15, 0.2) is 5.96 Å². The maximum Gasteiger partial charge on any atom is 0.205 e. The van der Waals surface area contributed by atoms with Crippen LogP contribution in [0.4, 0.5) is 5.13 Å². The molecule has 0 aliphatic carbocycles. The smallest absolute Gasteiger partial charge is 0.205 e. The lowest BCUT2D eigenvalue weighted by Crippen LogP contribution is -2.52. The van der Waals surface area contributed by atoms with Crippen molar-refractivity contribution >= 4 is 22.6 Å². The minimum Gasteiger partial charge on any atom is -0.382 e. The van der Waals surface area contributed by atoms with E-state index < -0.39 is 0 Å². The van der Waals surface area contributed by atoms with E-state index in [0.717, 1.165) is 82.1 Å². The van der Waals surface area contributed by atoms with Crippen LogP contribution in [-0.4, -0.2) is 86.4 Å². The van der Waals surface area contributed by atoms with E-state index >= 15 is 0 Å². The van der Waals surface area contributed by atoms with Crippen LogP contribution in [0.3, 0.4) is 0 Å². The first kappa shape index (κ1) is 21.8. The summed E-state index contributed by atoms with van der Waals surface area (Å²) in [6.45, 7) is 11.8. The van der Waals surface area contributed by atoms with Crippen LogP contribution in [0.5, 0.6) is 0 Å². The summed E-state index contributed by atoms with van der Waals surface area (Å²) in [7, 11) is 1.69. The average molecular weight is 399 g/mol. The lowest BCUT2D eigenvalue weighted by molar-refractivity contribution is 0.0690. The number of piperazine rings is 1. The molecule has 1 aliphatic heterocycles. The maximum atomic E-state index is 5.49. The Bertz CT molecular complexity index is 546. The quantitative estimate of drug-likeness (QED) is 0.345. The molecule has 2 rings (SSSR count). The normalized spacial score (nSPS) is 15.4. The predicted molar refractivity (Wildman–Crippen MR) is 111 cm³/mol. The number of hydrogen-bond acceptors (Lipinski definition) is 7. The molecule has 0 unspecified atom stereocenters. The van der Waals surface area contributed by atoms with Gasteiger partial charge in [-0.25, -0.2) is 4.98 Å². The Morgan fingerprint density at radius 1 is 1.15 bits per heavy atom. The highest BCUT2D eigenvalue weighted by molar-refractivity contribution is 7.09. The number of guanidine groups is 1. The van der Waals surface area contributed by atoms with Crippen molar-refractivity contribution < 1.29 is 9.47 Å². The van der Waals surface area contributed by atoms with Crippen LogP contribution in [-0.2, 0) is 15.9 Å². The van der Waals surface area contributed by atoms with Gasteiger partial charge in [-0.1, -0.05) is 6.92 Å². The van der Waals surface area contributed by atoms with Gasteiger partial charge in [0.1, 0.15) is 5.82 Å². The Hall–Kier alpha value is -1.45. The molecule has 1 aliphatic rings. The number of nitrogens with zero attached hydrogens (tertiary/aromatic N) is 5. The lowest BCUT2D eigenvalue weighted by Gasteiger charge is -2.36. The van der Waals surface area contributed by atoms with E-state index in [0.29, 0.717) is 13.2 Å². The molecule has 1 aromatic heterocycles. The fourth-order valence-corrected chi connectivity index (χ4v) is 3.60. The predicted octanol–water partition coefficient (Wildman–Crippen LogP) is 1.63. The van der Waals surface area contributed by atoms with E-state index in [1.807, 2.05) is 0 Å². The van der Waals surface area contributed by atoms with Crippen LogP contribution < -0.4 is 10.2 Å². The van der Waals surface area contributed by atoms with E-state index in [4.69, 9.17) is 14.5 Å². The molecule has 0 spiro atoms. The number of ether oxygens (including phenoxy) is 2. The topological polar surface area (TPSA) is 75.1 Å². The zero-order valence-electron chi connectivity index (χ0n) is 16.9. The lowest BCUT2D eigenvalue weighted by atomic mass is 10.3. The molecule has 2 heterocycles. The first-order valence-electron chi connectivity index (χ1n) is 9.96. The highest BCUT2D eigenvalue weighted by Gasteiger charge is 2.21. The summed E-state index contributed by atoms with van der Waals surface area (Å²) >= 11 is 1.51. The number of aliphatic imine (C=N–C) groups is 1. The largest absolute Gasteiger partial charge is 0.382 e. The zero-order valence-corrected chi connectivity index (χ0v) is 17.8. The number of unbranched alkanes of at least 4 members (excludes halogenated alkanes) is 1. The molecule has 1 N–H and O–H groups in total. The van der Waals surface area contributed by atoms with Gasteiger partial charge in [0.05, 0.1) is 13.2 Å². The number of hydrogen-bond donors (Lipinski definition) is 1. The van der Waals surface area contributed by atoms with Gasteiger partial charge in [-0.3, -0.25) is 4.99 Å². The Kier molecular flexibility index (Phi) is 10.4. The number of aryl methyl sites for hydroxylation is 1. The van der Waals surface area contributed by atoms with Gasteiger partial charge < -0.3 is 24.6 Å². The van der Waals surface area contributed by atoms with Crippen molar-refractivity contribution in [2.24, 2.45) is 4.99 Å². The van der Waals surface area contributed by atoms with Gasteiger partial charge in [-0.15, -0.1) is 0 Å². The Morgan fingerprint density at radius 2 is 1.96 bits per heavy atom. The van der Waals surface area contributed by atoms with E-state index in [2.05, 4.69) is 38.3 Å². The van der Waals surface area contributed by atoms with E-state index in [-0.39, 0.29) is 0 Å². The van der Waals surface area contributed by atoms with Gasteiger partial charge in [-0.05, 0) is 19.8 Å². The molecule has 27 heavy (non-hydrogen) atoms. The molecule has 154 valence electrons. The first-order valence-corrected chi connectivity index (χ1v) is 10.7. The summed E-state index contributed by atoms with van der Waals surface area (Å²) in [5.41, 5.74) is 0. The molecule has 1 saturated heterocycles. The second kappa shape index (κ2) is 12.9. The molecule has 9 heteroatoms. The number of aromatic nitrogens is 2. The van der Waals surface area contributed by atoms with Crippen molar-refractivity contribution in [1.82, 2.24) is 19.6 Å². The summed E-state index contributed by atoms with van der Waals surface area (Å²) in [5, 5.41) is 4.47. The van der Waals surface area contributed by atoms with Gasteiger partial charge in [0.2, 0.25) is 5.13 Å². The molecular weight excluding hydrogens is 364 g/mol. The Balaban J connectivity index is 1.72. The monoisotopic (exact) mass is 398 g/mol. The molecule has 0 aromatic carbocycles.